The number of aromatic hydroxyl groups is 1. The summed E-state index contributed by atoms with van der Waals surface area (Å²) in [5.41, 5.74) is 0.731. The van der Waals surface area contributed by atoms with Crippen LogP contribution in [0.2, 0.25) is 0 Å². The first-order valence-corrected chi connectivity index (χ1v) is 5.30. The molecule has 0 unspecified atom stereocenters. The molecule has 0 radical (unpaired) electrons. The summed E-state index contributed by atoms with van der Waals surface area (Å²) in [6.07, 6.45) is 1.31. The van der Waals surface area contributed by atoms with Gasteiger partial charge in [0.15, 0.2) is 0 Å². The topological polar surface area (TPSA) is 81.2 Å². The van der Waals surface area contributed by atoms with E-state index in [0.717, 1.165) is 0 Å². The molecule has 1 N–H and O–H groups in total. The normalized spacial score (nSPS) is 10.9. The number of para-hydroxylation sites is 2. The number of hydrogen-bond acceptors (Lipinski definition) is 5. The van der Waals surface area contributed by atoms with Crippen LogP contribution in [0.5, 0.6) is 5.75 Å². The molecule has 1 aromatic carbocycles. The molecule has 2 heterocycles. The molecule has 18 heavy (non-hydrogen) atoms. The molecular formula is C12H9N3O3. The van der Waals surface area contributed by atoms with E-state index in [-0.39, 0.29) is 17.0 Å². The smallest absolute Gasteiger partial charge is 0.271 e. The summed E-state index contributed by atoms with van der Waals surface area (Å²) in [4.78, 5) is 16.3. The van der Waals surface area contributed by atoms with Crippen LogP contribution >= 0.6 is 0 Å². The second-order valence-electron chi connectivity index (χ2n) is 3.86. The SMILES string of the molecule is Cc1noc2ncn(-c3ccccc3O)c(=O)c12. The highest BCUT2D eigenvalue weighted by Crippen LogP contribution is 2.20. The van der Waals surface area contributed by atoms with Gasteiger partial charge >= 0.3 is 0 Å². The third-order valence-corrected chi connectivity index (χ3v) is 2.71. The Kier molecular flexibility index (Phi) is 2.16. The van der Waals surface area contributed by atoms with E-state index in [2.05, 4.69) is 10.1 Å². The molecule has 3 aromatic rings. The summed E-state index contributed by atoms with van der Waals surface area (Å²) in [5.74, 6) is 0.00913. The zero-order chi connectivity index (χ0) is 12.7. The molecule has 0 aliphatic rings. The Bertz CT molecular complexity index is 789. The van der Waals surface area contributed by atoms with Crippen molar-refractivity contribution in [3.8, 4) is 11.4 Å². The van der Waals surface area contributed by atoms with Crippen molar-refractivity contribution >= 4 is 11.1 Å². The fourth-order valence-corrected chi connectivity index (χ4v) is 1.81. The molecular weight excluding hydrogens is 234 g/mol. The second kappa shape index (κ2) is 3.69. The third-order valence-electron chi connectivity index (χ3n) is 2.71. The van der Waals surface area contributed by atoms with Crippen LogP contribution in [-0.4, -0.2) is 19.8 Å². The van der Waals surface area contributed by atoms with Crippen LogP contribution in [0.15, 0.2) is 39.9 Å². The van der Waals surface area contributed by atoms with E-state index in [1.54, 1.807) is 25.1 Å². The van der Waals surface area contributed by atoms with Crippen molar-refractivity contribution in [2.75, 3.05) is 0 Å². The highest BCUT2D eigenvalue weighted by Gasteiger charge is 2.14. The van der Waals surface area contributed by atoms with Gasteiger partial charge in [0, 0.05) is 0 Å². The number of phenols is 1. The Morgan fingerprint density at radius 1 is 1.33 bits per heavy atom. The van der Waals surface area contributed by atoms with Gasteiger partial charge in [-0.1, -0.05) is 17.3 Å². The van der Waals surface area contributed by atoms with E-state index < -0.39 is 0 Å². The van der Waals surface area contributed by atoms with Crippen molar-refractivity contribution < 1.29 is 9.63 Å². The molecule has 0 amide bonds. The maximum atomic E-state index is 12.3. The monoisotopic (exact) mass is 243 g/mol. The molecule has 6 nitrogen and oxygen atoms in total. The van der Waals surface area contributed by atoms with E-state index in [1.165, 1.54) is 17.0 Å². The molecule has 0 atom stereocenters. The molecule has 90 valence electrons. The van der Waals surface area contributed by atoms with Crippen molar-refractivity contribution in [3.63, 3.8) is 0 Å². The van der Waals surface area contributed by atoms with Gasteiger partial charge in [0.05, 0.1) is 11.4 Å². The van der Waals surface area contributed by atoms with Crippen LogP contribution < -0.4 is 5.56 Å². The Balaban J connectivity index is 2.38. The lowest BCUT2D eigenvalue weighted by Gasteiger charge is -2.06. The van der Waals surface area contributed by atoms with Gasteiger partial charge in [-0.25, -0.2) is 4.98 Å². The first-order valence-electron chi connectivity index (χ1n) is 5.30. The van der Waals surface area contributed by atoms with E-state index >= 15 is 0 Å². The van der Waals surface area contributed by atoms with Gasteiger partial charge < -0.3 is 9.63 Å². The number of benzene rings is 1. The molecule has 0 fully saturated rings. The number of nitrogens with zero attached hydrogens (tertiary/aromatic N) is 3. The fourth-order valence-electron chi connectivity index (χ4n) is 1.81. The van der Waals surface area contributed by atoms with E-state index in [1.807, 2.05) is 0 Å². The molecule has 0 aliphatic heterocycles. The molecule has 0 spiro atoms. The van der Waals surface area contributed by atoms with Gasteiger partial charge in [-0.15, -0.1) is 0 Å². The average Bonchev–Trinajstić information content (AvgIpc) is 2.74. The number of fused-ring (bicyclic) bond motifs is 1. The van der Waals surface area contributed by atoms with Gasteiger partial charge in [0.25, 0.3) is 11.3 Å². The van der Waals surface area contributed by atoms with E-state index in [4.69, 9.17) is 4.52 Å². The van der Waals surface area contributed by atoms with Gasteiger partial charge in [0.1, 0.15) is 17.5 Å². The fraction of sp³-hybridized carbons (Fsp3) is 0.0833. The van der Waals surface area contributed by atoms with E-state index in [9.17, 15) is 9.90 Å². The quantitative estimate of drug-likeness (QED) is 0.698. The lowest BCUT2D eigenvalue weighted by atomic mass is 10.2. The number of hydrogen-bond donors (Lipinski definition) is 1. The van der Waals surface area contributed by atoms with Crippen LogP contribution in [0.1, 0.15) is 5.69 Å². The van der Waals surface area contributed by atoms with Crippen molar-refractivity contribution in [3.05, 3.63) is 46.6 Å². The molecule has 0 aliphatic carbocycles. The van der Waals surface area contributed by atoms with Crippen molar-refractivity contribution in [1.82, 2.24) is 14.7 Å². The van der Waals surface area contributed by atoms with Crippen molar-refractivity contribution in [2.24, 2.45) is 0 Å². The Morgan fingerprint density at radius 2 is 2.11 bits per heavy atom. The molecule has 0 saturated heterocycles. The Hall–Kier alpha value is -2.63. The maximum Gasteiger partial charge on any atom is 0.271 e. The summed E-state index contributed by atoms with van der Waals surface area (Å²) < 4.78 is 6.18. The van der Waals surface area contributed by atoms with Crippen molar-refractivity contribution in [1.29, 1.82) is 0 Å². The lowest BCUT2D eigenvalue weighted by Crippen LogP contribution is -2.18. The summed E-state index contributed by atoms with van der Waals surface area (Å²) >= 11 is 0. The number of aryl methyl sites for hydroxylation is 1. The number of rotatable bonds is 1. The highest BCUT2D eigenvalue weighted by molar-refractivity contribution is 5.74. The minimum absolute atomic E-state index is 0.00913. The summed E-state index contributed by atoms with van der Waals surface area (Å²) in [5, 5.41) is 13.8. The van der Waals surface area contributed by atoms with Crippen LogP contribution in [-0.2, 0) is 0 Å². The Labute approximate surface area is 101 Å². The van der Waals surface area contributed by atoms with Crippen LogP contribution in [0.3, 0.4) is 0 Å². The standard InChI is InChI=1S/C12H9N3O3/c1-7-10-11(18-14-7)13-6-15(12(10)17)8-4-2-3-5-9(8)16/h2-6,16H,1H3. The minimum atomic E-state index is -0.319. The maximum absolute atomic E-state index is 12.3. The average molecular weight is 243 g/mol. The molecule has 3 rings (SSSR count). The van der Waals surface area contributed by atoms with Crippen LogP contribution in [0.25, 0.3) is 16.8 Å². The number of phenolic OH excluding ortho intramolecular Hbond substituents is 1. The predicted molar refractivity (Wildman–Crippen MR) is 63.8 cm³/mol. The zero-order valence-electron chi connectivity index (χ0n) is 9.49. The first kappa shape index (κ1) is 10.5. The first-order chi connectivity index (χ1) is 8.68. The molecule has 0 saturated carbocycles. The van der Waals surface area contributed by atoms with Gasteiger partial charge in [-0.05, 0) is 19.1 Å². The highest BCUT2D eigenvalue weighted by atomic mass is 16.5. The Morgan fingerprint density at radius 3 is 2.89 bits per heavy atom. The molecule has 6 heteroatoms. The van der Waals surface area contributed by atoms with E-state index in [0.29, 0.717) is 16.8 Å². The predicted octanol–water partition coefficient (Wildman–Crippen LogP) is 1.39. The van der Waals surface area contributed by atoms with Crippen molar-refractivity contribution in [2.45, 2.75) is 6.92 Å². The zero-order valence-corrected chi connectivity index (χ0v) is 9.49. The van der Waals surface area contributed by atoms with Gasteiger partial charge in [0.2, 0.25) is 0 Å². The third kappa shape index (κ3) is 1.39. The number of aromatic nitrogens is 3. The summed E-state index contributed by atoms with van der Waals surface area (Å²) in [6, 6.07) is 6.55. The van der Waals surface area contributed by atoms with Crippen LogP contribution in [0.4, 0.5) is 0 Å². The lowest BCUT2D eigenvalue weighted by molar-refractivity contribution is 0.442. The summed E-state index contributed by atoms with van der Waals surface area (Å²) in [7, 11) is 0. The molecule has 2 aromatic heterocycles. The minimum Gasteiger partial charge on any atom is -0.506 e. The summed E-state index contributed by atoms with van der Waals surface area (Å²) in [6.45, 7) is 1.67. The van der Waals surface area contributed by atoms with Crippen LogP contribution in [0, 0.1) is 6.92 Å². The molecule has 0 bridgehead atoms. The van der Waals surface area contributed by atoms with Gasteiger partial charge in [-0.2, -0.15) is 0 Å². The largest absolute Gasteiger partial charge is 0.506 e. The second-order valence-corrected chi connectivity index (χ2v) is 3.86. The van der Waals surface area contributed by atoms with Gasteiger partial charge in [-0.3, -0.25) is 9.36 Å².